The van der Waals surface area contributed by atoms with Crippen LogP contribution in [0.3, 0.4) is 0 Å². The lowest BCUT2D eigenvalue weighted by molar-refractivity contribution is -0.134. The Bertz CT molecular complexity index is 929. The van der Waals surface area contributed by atoms with E-state index < -0.39 is 17.5 Å². The fourth-order valence-corrected chi connectivity index (χ4v) is 3.42. The third-order valence-corrected chi connectivity index (χ3v) is 5.13. The molecular weight excluding hydrogens is 370 g/mol. The predicted octanol–water partition coefficient (Wildman–Crippen LogP) is 2.13. The van der Waals surface area contributed by atoms with Gasteiger partial charge in [0, 0.05) is 6.54 Å². The highest BCUT2D eigenvalue weighted by atomic mass is 16.5. The number of nitrogens with one attached hydrogen (secondary N) is 2. The van der Waals surface area contributed by atoms with Crippen LogP contribution >= 0.6 is 0 Å². The Balaban J connectivity index is 1.63. The van der Waals surface area contributed by atoms with Gasteiger partial charge in [0.1, 0.15) is 17.8 Å². The van der Waals surface area contributed by atoms with Gasteiger partial charge in [0.15, 0.2) is 0 Å². The highest BCUT2D eigenvalue weighted by Gasteiger charge is 2.49. The normalized spacial score (nSPS) is 18.5. The number of carbonyl (C=O) groups excluding carboxylic acids is 3. The number of urea groups is 1. The zero-order valence-electron chi connectivity index (χ0n) is 16.8. The standard InChI is InChI=1S/C22H25N3O4/c1-15-13-17(9-10-18(15)29-3)22(2)20(27)25(21(28)24-22)14-19(26)23-12-11-16-7-5-4-6-8-16/h4-10,13H,11-12,14H2,1-3H3,(H,23,26)(H,24,28). The highest BCUT2D eigenvalue weighted by molar-refractivity contribution is 6.09. The first-order chi connectivity index (χ1) is 13.8. The first-order valence-corrected chi connectivity index (χ1v) is 9.45. The van der Waals surface area contributed by atoms with E-state index in [1.54, 1.807) is 32.2 Å². The van der Waals surface area contributed by atoms with Crippen molar-refractivity contribution in [1.82, 2.24) is 15.5 Å². The molecule has 1 unspecified atom stereocenters. The molecule has 0 radical (unpaired) electrons. The Morgan fingerprint density at radius 2 is 1.90 bits per heavy atom. The molecule has 0 aromatic heterocycles. The maximum Gasteiger partial charge on any atom is 0.325 e. The minimum Gasteiger partial charge on any atom is -0.496 e. The first-order valence-electron chi connectivity index (χ1n) is 9.45. The lowest BCUT2D eigenvalue weighted by Gasteiger charge is -2.23. The lowest BCUT2D eigenvalue weighted by atomic mass is 9.90. The predicted molar refractivity (Wildman–Crippen MR) is 108 cm³/mol. The topological polar surface area (TPSA) is 87.7 Å². The Labute approximate surface area is 170 Å². The van der Waals surface area contributed by atoms with Gasteiger partial charge in [-0.1, -0.05) is 36.4 Å². The number of nitrogens with zero attached hydrogens (tertiary/aromatic N) is 1. The summed E-state index contributed by atoms with van der Waals surface area (Å²) in [5.41, 5.74) is 1.37. The third-order valence-electron chi connectivity index (χ3n) is 5.13. The van der Waals surface area contributed by atoms with Gasteiger partial charge in [-0.3, -0.25) is 14.5 Å². The van der Waals surface area contributed by atoms with Gasteiger partial charge >= 0.3 is 6.03 Å². The van der Waals surface area contributed by atoms with Gasteiger partial charge < -0.3 is 15.4 Å². The molecule has 2 N–H and O–H groups in total. The number of imide groups is 1. The number of rotatable bonds is 7. The third kappa shape index (κ3) is 4.23. The molecule has 0 bridgehead atoms. The number of aryl methyl sites for hydroxylation is 1. The van der Waals surface area contributed by atoms with E-state index in [1.165, 1.54) is 0 Å². The molecule has 152 valence electrons. The quantitative estimate of drug-likeness (QED) is 0.703. The average Bonchev–Trinajstić information content (AvgIpc) is 2.92. The summed E-state index contributed by atoms with van der Waals surface area (Å²) in [6.07, 6.45) is 0.676. The summed E-state index contributed by atoms with van der Waals surface area (Å²) in [6, 6.07) is 14.5. The van der Waals surface area contributed by atoms with Crippen LogP contribution in [0.15, 0.2) is 48.5 Å². The second-order valence-corrected chi connectivity index (χ2v) is 7.22. The molecule has 1 heterocycles. The number of benzene rings is 2. The smallest absolute Gasteiger partial charge is 0.325 e. The molecular formula is C22H25N3O4. The van der Waals surface area contributed by atoms with Crippen LogP contribution < -0.4 is 15.4 Å². The summed E-state index contributed by atoms with van der Waals surface area (Å²) in [5.74, 6) is -0.131. The number of ether oxygens (including phenoxy) is 1. The summed E-state index contributed by atoms with van der Waals surface area (Å²) in [5, 5.41) is 5.48. The van der Waals surface area contributed by atoms with Gasteiger partial charge in [0.25, 0.3) is 5.91 Å². The molecule has 1 fully saturated rings. The van der Waals surface area contributed by atoms with Gasteiger partial charge in [0.2, 0.25) is 5.91 Å². The van der Waals surface area contributed by atoms with Crippen molar-refractivity contribution in [3.63, 3.8) is 0 Å². The van der Waals surface area contributed by atoms with E-state index in [0.717, 1.165) is 16.0 Å². The Hall–Kier alpha value is -3.35. The monoisotopic (exact) mass is 395 g/mol. The number of methoxy groups -OCH3 is 1. The van der Waals surface area contributed by atoms with Crippen molar-refractivity contribution in [3.8, 4) is 5.75 Å². The summed E-state index contributed by atoms with van der Waals surface area (Å²) < 4.78 is 5.25. The Kier molecular flexibility index (Phi) is 5.87. The first kappa shape index (κ1) is 20.4. The highest BCUT2D eigenvalue weighted by Crippen LogP contribution is 2.31. The van der Waals surface area contributed by atoms with E-state index in [4.69, 9.17) is 4.74 Å². The zero-order chi connectivity index (χ0) is 21.0. The molecule has 0 aliphatic carbocycles. The Morgan fingerprint density at radius 3 is 2.55 bits per heavy atom. The Morgan fingerprint density at radius 1 is 1.17 bits per heavy atom. The fraction of sp³-hybridized carbons (Fsp3) is 0.318. The number of carbonyl (C=O) groups is 3. The zero-order valence-corrected chi connectivity index (χ0v) is 16.8. The molecule has 7 heteroatoms. The fourth-order valence-electron chi connectivity index (χ4n) is 3.42. The summed E-state index contributed by atoms with van der Waals surface area (Å²) in [4.78, 5) is 38.6. The van der Waals surface area contributed by atoms with Crippen LogP contribution in [-0.2, 0) is 21.5 Å². The second kappa shape index (κ2) is 8.34. The van der Waals surface area contributed by atoms with Crippen molar-refractivity contribution in [1.29, 1.82) is 0 Å². The largest absolute Gasteiger partial charge is 0.496 e. The molecule has 2 aromatic carbocycles. The average molecular weight is 395 g/mol. The summed E-state index contributed by atoms with van der Waals surface area (Å²) >= 11 is 0. The van der Waals surface area contributed by atoms with Crippen LogP contribution in [0.5, 0.6) is 5.75 Å². The van der Waals surface area contributed by atoms with Crippen molar-refractivity contribution >= 4 is 17.8 Å². The van der Waals surface area contributed by atoms with E-state index in [0.29, 0.717) is 24.3 Å². The van der Waals surface area contributed by atoms with Gasteiger partial charge in [-0.2, -0.15) is 0 Å². The molecule has 1 saturated heterocycles. The minimum atomic E-state index is -1.22. The van der Waals surface area contributed by atoms with E-state index in [9.17, 15) is 14.4 Å². The maximum absolute atomic E-state index is 13.0. The summed E-state index contributed by atoms with van der Waals surface area (Å²) in [7, 11) is 1.57. The van der Waals surface area contributed by atoms with E-state index in [-0.39, 0.29) is 12.5 Å². The lowest BCUT2D eigenvalue weighted by Crippen LogP contribution is -2.43. The summed E-state index contributed by atoms with van der Waals surface area (Å²) in [6.45, 7) is 3.62. The van der Waals surface area contributed by atoms with Crippen LogP contribution in [0, 0.1) is 6.92 Å². The molecule has 0 saturated carbocycles. The molecule has 4 amide bonds. The van der Waals surface area contributed by atoms with E-state index >= 15 is 0 Å². The van der Waals surface area contributed by atoms with Crippen LogP contribution in [-0.4, -0.2) is 42.9 Å². The maximum atomic E-state index is 13.0. The van der Waals surface area contributed by atoms with Gasteiger partial charge in [0.05, 0.1) is 7.11 Å². The second-order valence-electron chi connectivity index (χ2n) is 7.22. The minimum absolute atomic E-state index is 0.315. The molecule has 29 heavy (non-hydrogen) atoms. The number of amides is 4. The van der Waals surface area contributed by atoms with Crippen LogP contribution in [0.2, 0.25) is 0 Å². The van der Waals surface area contributed by atoms with Crippen LogP contribution in [0.25, 0.3) is 0 Å². The molecule has 1 atom stereocenters. The molecule has 7 nitrogen and oxygen atoms in total. The molecule has 0 spiro atoms. The van der Waals surface area contributed by atoms with Gasteiger partial charge in [-0.05, 0) is 49.1 Å². The molecule has 1 aliphatic rings. The number of hydrogen-bond acceptors (Lipinski definition) is 4. The SMILES string of the molecule is COc1ccc(C2(C)NC(=O)N(CC(=O)NCCc3ccccc3)C2=O)cc1C. The van der Waals surface area contributed by atoms with E-state index in [1.807, 2.05) is 37.3 Å². The molecule has 3 rings (SSSR count). The van der Waals surface area contributed by atoms with E-state index in [2.05, 4.69) is 10.6 Å². The van der Waals surface area contributed by atoms with Gasteiger partial charge in [-0.15, -0.1) is 0 Å². The van der Waals surface area contributed by atoms with Crippen molar-refractivity contribution in [2.24, 2.45) is 0 Å². The van der Waals surface area contributed by atoms with Gasteiger partial charge in [-0.25, -0.2) is 4.79 Å². The van der Waals surface area contributed by atoms with Crippen molar-refractivity contribution in [2.45, 2.75) is 25.8 Å². The number of hydrogen-bond donors (Lipinski definition) is 2. The molecule has 2 aromatic rings. The van der Waals surface area contributed by atoms with Crippen molar-refractivity contribution in [2.75, 3.05) is 20.2 Å². The van der Waals surface area contributed by atoms with Crippen LogP contribution in [0.1, 0.15) is 23.6 Å². The van der Waals surface area contributed by atoms with Crippen LogP contribution in [0.4, 0.5) is 4.79 Å². The van der Waals surface area contributed by atoms with Crippen molar-refractivity contribution in [3.05, 3.63) is 65.2 Å². The van der Waals surface area contributed by atoms with Crippen molar-refractivity contribution < 1.29 is 19.1 Å². The molecule has 1 aliphatic heterocycles.